The molecule has 19 nitrogen and oxygen atoms in total. The Hall–Kier alpha value is -3.29. The van der Waals surface area contributed by atoms with Crippen LogP contribution >= 0.6 is 0 Å². The molecule has 20 heteroatoms. The zero-order valence-corrected chi connectivity index (χ0v) is 41.2. The number of carboxylic acid groups (broad SMARTS) is 1. The molecule has 69 heavy (non-hydrogen) atoms. The Labute approximate surface area is 408 Å². The van der Waals surface area contributed by atoms with Crippen molar-refractivity contribution in [3.63, 3.8) is 0 Å². The number of carbonyl (C=O) groups excluding carboxylic acids is 1. The van der Waals surface area contributed by atoms with Gasteiger partial charge in [-0.2, -0.15) is 0 Å². The zero-order valence-electron chi connectivity index (χ0n) is 40.4. The largest absolute Gasteiger partial charge is 0.481 e. The molecule has 0 aromatic heterocycles. The number of hydrogen-bond donors (Lipinski definition) is 12. The standard InChI is InChI=1S/C47H73NO17.C2H6OS/c1-27-17-15-13-11-9-7-5-6-8-10-12-14-16-18-34(64-46-44(58)41(48)43(57)30(4)63-46)24-38-40(45(59)60)37(54)26-47(61,65-38)25-33(51)21-31(49)19-20-35(52)36(53)22-32(50)23-39(55)62-29(3)28(2)42(27)56;1-4(2)3/h5-18,27-38,40-44,46,49-54,56-58,61H,19-26,48H2,1-4H3,(H,59,60);1-2H3/b6-5+,9-7+,10-8+,13-11+,14-12+,17-15-,18-16+;/t27-,28+,29-,30?,31-,32+,33-,34-,35-,36-,37-,38-,40+,41?,42+,43?,44?,46?,47+;/m0./s1. The van der Waals surface area contributed by atoms with Gasteiger partial charge in [-0.05, 0) is 33.1 Å². The number of rotatable bonds is 3. The molecule has 3 heterocycles. The molecule has 2 bridgehead atoms. The Morgan fingerprint density at radius 3 is 1.77 bits per heavy atom. The lowest BCUT2D eigenvalue weighted by Gasteiger charge is -2.45. The SMILES string of the molecule is CC1OC(O[C@H]2/C=C/C=C/C=C/C=C/C=C/C=C/C=C\[C@H](C)[C@@H](O)[C@H](C)[C@H](C)OC(=O)C[C@H](O)C[C@H](O)[C@@H](O)CC[C@H](O)C[C@H](O)C[C@]3(O)C[C@H](O)[C@@H](C(=O)O)[C@H](C2)O3)C(O)C(N)C1O.CS(C)=O. The normalized spacial score (nSPS) is 43.4. The molecule has 0 aromatic rings. The van der Waals surface area contributed by atoms with Crippen molar-refractivity contribution in [1.29, 1.82) is 0 Å². The molecule has 0 radical (unpaired) electrons. The van der Waals surface area contributed by atoms with Crippen molar-refractivity contribution in [3.8, 4) is 0 Å². The van der Waals surface area contributed by atoms with Crippen LogP contribution < -0.4 is 5.73 Å². The van der Waals surface area contributed by atoms with Crippen LogP contribution in [0, 0.1) is 17.8 Å². The molecule has 13 N–H and O–H groups in total. The van der Waals surface area contributed by atoms with Gasteiger partial charge >= 0.3 is 11.9 Å². The fourth-order valence-corrected chi connectivity index (χ4v) is 7.97. The van der Waals surface area contributed by atoms with Crippen molar-refractivity contribution in [3.05, 3.63) is 85.1 Å². The first-order valence-electron chi connectivity index (χ1n) is 23.3. The van der Waals surface area contributed by atoms with Crippen LogP contribution in [0.15, 0.2) is 85.1 Å². The number of cyclic esters (lactones) is 1. The predicted molar refractivity (Wildman–Crippen MR) is 257 cm³/mol. The number of carboxylic acids is 1. The summed E-state index contributed by atoms with van der Waals surface area (Å²) >= 11 is 0. The maximum Gasteiger partial charge on any atom is 0.311 e. The predicted octanol–water partition coefficient (Wildman–Crippen LogP) is 0.706. The van der Waals surface area contributed by atoms with Crippen molar-refractivity contribution in [1.82, 2.24) is 0 Å². The van der Waals surface area contributed by atoms with Gasteiger partial charge < -0.3 is 80.9 Å². The molecule has 0 aromatic carbocycles. The maximum atomic E-state index is 12.6. The zero-order chi connectivity index (χ0) is 52.0. The molecular formula is C49H79NO18S. The molecule has 0 amide bonds. The van der Waals surface area contributed by atoms with Crippen LogP contribution in [-0.2, 0) is 39.3 Å². The van der Waals surface area contributed by atoms with E-state index in [4.69, 9.17) is 24.7 Å². The van der Waals surface area contributed by atoms with Crippen molar-refractivity contribution in [2.75, 3.05) is 12.5 Å². The van der Waals surface area contributed by atoms with Gasteiger partial charge in [-0.25, -0.2) is 0 Å². The van der Waals surface area contributed by atoms with Crippen molar-refractivity contribution >= 4 is 22.7 Å². The van der Waals surface area contributed by atoms with Gasteiger partial charge in [-0.1, -0.05) is 98.9 Å². The molecule has 3 rings (SSSR count). The topological polar surface area (TPSA) is 337 Å². The Bertz CT molecular complexity index is 1770. The number of aliphatic hydroxyl groups is 10. The number of nitrogens with two attached hydrogens (primary N) is 1. The van der Waals surface area contributed by atoms with E-state index >= 15 is 0 Å². The summed E-state index contributed by atoms with van der Waals surface area (Å²) < 4.78 is 32.7. The average Bonchev–Trinajstić information content (AvgIpc) is 3.24. The quantitative estimate of drug-likeness (QED) is 0.173. The van der Waals surface area contributed by atoms with E-state index in [0.29, 0.717) is 0 Å². The second-order valence-electron chi connectivity index (χ2n) is 18.3. The smallest absolute Gasteiger partial charge is 0.311 e. The average molecular weight is 1000 g/mol. The highest BCUT2D eigenvalue weighted by molar-refractivity contribution is 7.83. The fraction of sp³-hybridized carbons (Fsp3) is 0.673. The summed E-state index contributed by atoms with van der Waals surface area (Å²) in [6.07, 6.45) is 6.82. The van der Waals surface area contributed by atoms with Crippen LogP contribution in [0.2, 0.25) is 0 Å². The minimum Gasteiger partial charge on any atom is -0.481 e. The van der Waals surface area contributed by atoms with E-state index in [9.17, 15) is 70.0 Å². The number of aliphatic hydroxyl groups excluding tert-OH is 9. The summed E-state index contributed by atoms with van der Waals surface area (Å²) in [6, 6.07) is -1.14. The summed E-state index contributed by atoms with van der Waals surface area (Å²) in [5, 5.41) is 118. The fourth-order valence-electron chi connectivity index (χ4n) is 7.97. The molecule has 19 atom stereocenters. The molecule has 2 fully saturated rings. The number of allylic oxidation sites excluding steroid dienone is 12. The maximum absolute atomic E-state index is 12.6. The third kappa shape index (κ3) is 22.8. The van der Waals surface area contributed by atoms with Gasteiger partial charge in [0.05, 0.1) is 79.6 Å². The molecule has 0 aliphatic carbocycles. The number of carbonyl (C=O) groups is 2. The highest BCUT2D eigenvalue weighted by atomic mass is 32.2. The van der Waals surface area contributed by atoms with E-state index in [1.54, 1.807) is 99.3 Å². The summed E-state index contributed by atoms with van der Waals surface area (Å²) in [5.74, 6) is -6.82. The Morgan fingerprint density at radius 2 is 1.22 bits per heavy atom. The third-order valence-electron chi connectivity index (χ3n) is 12.0. The molecule has 2 saturated heterocycles. The van der Waals surface area contributed by atoms with Crippen LogP contribution in [0.3, 0.4) is 0 Å². The summed E-state index contributed by atoms with van der Waals surface area (Å²) in [6.45, 7) is 6.72. The van der Waals surface area contributed by atoms with Gasteiger partial charge in [0.2, 0.25) is 0 Å². The van der Waals surface area contributed by atoms with Crippen molar-refractivity contribution < 1.29 is 88.9 Å². The van der Waals surface area contributed by atoms with Crippen LogP contribution in [0.1, 0.15) is 79.1 Å². The first-order valence-corrected chi connectivity index (χ1v) is 25.3. The monoisotopic (exact) mass is 1000 g/mol. The van der Waals surface area contributed by atoms with E-state index in [1.165, 1.54) is 13.0 Å². The lowest BCUT2D eigenvalue weighted by atomic mass is 9.82. The molecule has 5 unspecified atom stereocenters. The Kier molecular flexibility index (Phi) is 28.0. The highest BCUT2D eigenvalue weighted by Gasteiger charge is 2.51. The van der Waals surface area contributed by atoms with Gasteiger partial charge in [0.25, 0.3) is 0 Å². The van der Waals surface area contributed by atoms with E-state index < -0.39 is 158 Å². The van der Waals surface area contributed by atoms with Crippen LogP contribution in [0.5, 0.6) is 0 Å². The van der Waals surface area contributed by atoms with Gasteiger partial charge in [0, 0.05) is 60.8 Å². The summed E-state index contributed by atoms with van der Waals surface area (Å²) in [5.41, 5.74) is 6.02. The second-order valence-corrected chi connectivity index (χ2v) is 19.8. The van der Waals surface area contributed by atoms with Crippen LogP contribution in [0.25, 0.3) is 0 Å². The van der Waals surface area contributed by atoms with Crippen molar-refractivity contribution in [2.45, 2.75) is 177 Å². The molecule has 3 aliphatic heterocycles. The Balaban J connectivity index is 0.00000392. The second kappa shape index (κ2) is 31.2. The lowest BCUT2D eigenvalue weighted by Crippen LogP contribution is -2.61. The molecule has 394 valence electrons. The number of hydrogen-bond acceptors (Lipinski definition) is 18. The van der Waals surface area contributed by atoms with E-state index in [1.807, 2.05) is 13.0 Å². The first kappa shape index (κ1) is 61.8. The summed E-state index contributed by atoms with van der Waals surface area (Å²) in [4.78, 5) is 25.1. The van der Waals surface area contributed by atoms with Crippen LogP contribution in [0.4, 0.5) is 0 Å². The van der Waals surface area contributed by atoms with E-state index in [0.717, 1.165) is 0 Å². The molecular weight excluding hydrogens is 923 g/mol. The van der Waals surface area contributed by atoms with Crippen molar-refractivity contribution in [2.24, 2.45) is 23.5 Å². The number of aliphatic carboxylic acids is 1. The summed E-state index contributed by atoms with van der Waals surface area (Å²) in [7, 11) is -0.611. The third-order valence-corrected chi connectivity index (χ3v) is 12.0. The highest BCUT2D eigenvalue weighted by Crippen LogP contribution is 2.38. The van der Waals surface area contributed by atoms with Gasteiger partial charge in [-0.3, -0.25) is 13.8 Å². The first-order chi connectivity index (χ1) is 32.3. The number of esters is 1. The van der Waals surface area contributed by atoms with E-state index in [-0.39, 0.29) is 31.6 Å². The number of ether oxygens (including phenoxy) is 4. The molecule has 3 aliphatic rings. The number of fused-ring (bicyclic) bond motifs is 2. The van der Waals surface area contributed by atoms with Gasteiger partial charge in [0.15, 0.2) is 12.1 Å². The minimum atomic E-state index is -2.29. The molecule has 0 spiro atoms. The minimum absolute atomic E-state index is 0.140. The van der Waals surface area contributed by atoms with E-state index in [2.05, 4.69) is 0 Å². The van der Waals surface area contributed by atoms with Crippen LogP contribution in [-0.4, -0.2) is 182 Å². The molecule has 0 saturated carbocycles. The van der Waals surface area contributed by atoms with Gasteiger partial charge in [-0.15, -0.1) is 0 Å². The van der Waals surface area contributed by atoms with Gasteiger partial charge in [0.1, 0.15) is 18.1 Å². The Morgan fingerprint density at radius 1 is 0.681 bits per heavy atom. The lowest BCUT2D eigenvalue weighted by molar-refractivity contribution is -0.308.